The second-order valence-corrected chi connectivity index (χ2v) is 4.44. The number of ether oxygens (including phenoxy) is 1. The summed E-state index contributed by atoms with van der Waals surface area (Å²) in [6.07, 6.45) is 0.176. The molecule has 1 aromatic carbocycles. The molecule has 1 aromatic rings. The first-order chi connectivity index (χ1) is 10.0. The summed E-state index contributed by atoms with van der Waals surface area (Å²) in [6.45, 7) is 1.66. The summed E-state index contributed by atoms with van der Waals surface area (Å²) < 4.78 is 9.77. The summed E-state index contributed by atoms with van der Waals surface area (Å²) in [5, 5.41) is 12.2. The molecule has 0 bridgehead atoms. The molecule has 8 heteroatoms. The summed E-state index contributed by atoms with van der Waals surface area (Å²) in [6, 6.07) is 3.84. The zero-order valence-electron chi connectivity index (χ0n) is 11.7. The summed E-state index contributed by atoms with van der Waals surface area (Å²) in [7, 11) is 2.03. The summed E-state index contributed by atoms with van der Waals surface area (Å²) >= 11 is 0. The number of amides is 1. The Hall–Kier alpha value is -1.85. The van der Waals surface area contributed by atoms with Crippen LogP contribution >= 0.6 is 9.47 Å². The number of hydrogen-bond donors (Lipinski definition) is 3. The number of carbonyl (C=O) groups is 2. The second kappa shape index (κ2) is 8.44. The molecule has 0 aliphatic heterocycles. The van der Waals surface area contributed by atoms with Gasteiger partial charge in [0, 0.05) is 6.42 Å². The van der Waals surface area contributed by atoms with E-state index in [0.29, 0.717) is 11.3 Å². The van der Waals surface area contributed by atoms with Gasteiger partial charge in [-0.05, 0) is 24.6 Å². The molecule has 0 saturated heterocycles. The third kappa shape index (κ3) is 5.21. The highest BCUT2D eigenvalue weighted by Crippen LogP contribution is 2.28. The molecule has 0 heterocycles. The van der Waals surface area contributed by atoms with E-state index in [1.807, 2.05) is 9.47 Å². The van der Waals surface area contributed by atoms with E-state index in [9.17, 15) is 14.7 Å². The molecule has 0 aliphatic carbocycles. The molecule has 21 heavy (non-hydrogen) atoms. The zero-order valence-corrected chi connectivity index (χ0v) is 12.8. The fraction of sp³-hybridized carbons (Fsp3) is 0.385. The van der Waals surface area contributed by atoms with Crippen LogP contribution in [-0.2, 0) is 20.7 Å². The van der Waals surface area contributed by atoms with E-state index in [1.54, 1.807) is 19.1 Å². The van der Waals surface area contributed by atoms with Crippen molar-refractivity contribution in [3.8, 4) is 11.5 Å². The highest BCUT2D eigenvalue weighted by atomic mass is 31.0. The van der Waals surface area contributed by atoms with Gasteiger partial charge in [-0.3, -0.25) is 4.79 Å². The Bertz CT molecular complexity index is 509. The first kappa shape index (κ1) is 17.2. The Morgan fingerprint density at radius 1 is 1.48 bits per heavy atom. The highest BCUT2D eigenvalue weighted by molar-refractivity contribution is 7.10. The van der Waals surface area contributed by atoms with Gasteiger partial charge in [0.15, 0.2) is 11.5 Å². The van der Waals surface area contributed by atoms with Gasteiger partial charge in [0.1, 0.15) is 6.04 Å². The van der Waals surface area contributed by atoms with Gasteiger partial charge in [0.05, 0.1) is 22.6 Å². The molecule has 1 unspecified atom stereocenters. The quantitative estimate of drug-likeness (QED) is 0.486. The van der Waals surface area contributed by atoms with Gasteiger partial charge in [-0.15, -0.1) is 0 Å². The first-order valence-corrected chi connectivity index (χ1v) is 6.83. The lowest BCUT2D eigenvalue weighted by Crippen LogP contribution is -2.45. The molecule has 116 valence electrons. The topological polar surface area (TPSA) is 111 Å². The fourth-order valence-corrected chi connectivity index (χ4v) is 1.91. The number of carbonyl (C=O) groups excluding carboxylic acids is 2. The van der Waals surface area contributed by atoms with Crippen molar-refractivity contribution in [1.82, 2.24) is 5.32 Å². The van der Waals surface area contributed by atoms with Crippen LogP contribution in [0.2, 0.25) is 0 Å². The molecule has 4 N–H and O–H groups in total. The maximum atomic E-state index is 11.8. The van der Waals surface area contributed by atoms with Crippen LogP contribution in [0.5, 0.6) is 11.5 Å². The number of nitrogens with one attached hydrogen (secondary N) is 1. The molecule has 0 fully saturated rings. The van der Waals surface area contributed by atoms with Crippen molar-refractivity contribution in [1.29, 1.82) is 0 Å². The number of phenols is 1. The third-order valence-electron chi connectivity index (χ3n) is 2.68. The van der Waals surface area contributed by atoms with Crippen LogP contribution in [0.15, 0.2) is 18.2 Å². The molecule has 0 radical (unpaired) electrons. The Labute approximate surface area is 125 Å². The summed E-state index contributed by atoms with van der Waals surface area (Å²) in [4.78, 5) is 23.2. The zero-order chi connectivity index (χ0) is 15.8. The Morgan fingerprint density at radius 3 is 2.71 bits per heavy atom. The second-order valence-electron chi connectivity index (χ2n) is 4.20. The Balaban J connectivity index is 2.86. The van der Waals surface area contributed by atoms with E-state index in [-0.39, 0.29) is 25.3 Å². The number of rotatable bonds is 7. The third-order valence-corrected chi connectivity index (χ3v) is 2.94. The number of aromatic hydroxyl groups is 1. The standard InChI is InChI=1S/C13H19N2O5P/c1-2-19-13(18)9(15-12(17)7-14)5-8-3-4-11(20-21)10(16)6-8/h3-4,6,9,16H,2,5,7,14,21H2,1H3,(H,15,17)/t9-/m0/s1. The average molecular weight is 314 g/mol. The molecule has 1 amide bonds. The fourth-order valence-electron chi connectivity index (χ4n) is 1.71. The molecule has 2 atom stereocenters. The van der Waals surface area contributed by atoms with E-state index in [2.05, 4.69) is 5.32 Å². The number of hydrogen-bond acceptors (Lipinski definition) is 6. The smallest absolute Gasteiger partial charge is 0.328 e. The van der Waals surface area contributed by atoms with Crippen molar-refractivity contribution in [2.75, 3.05) is 13.2 Å². The van der Waals surface area contributed by atoms with E-state index in [4.69, 9.17) is 15.0 Å². The van der Waals surface area contributed by atoms with E-state index in [1.165, 1.54) is 6.07 Å². The number of esters is 1. The van der Waals surface area contributed by atoms with Crippen molar-refractivity contribution in [3.63, 3.8) is 0 Å². The van der Waals surface area contributed by atoms with Crippen molar-refractivity contribution >= 4 is 21.3 Å². The van der Waals surface area contributed by atoms with Crippen LogP contribution in [0, 0.1) is 0 Å². The lowest BCUT2D eigenvalue weighted by molar-refractivity contribution is -0.147. The predicted octanol–water partition coefficient (Wildman–Crippen LogP) is 0.110. The van der Waals surface area contributed by atoms with Gasteiger partial charge in [-0.1, -0.05) is 6.07 Å². The average Bonchev–Trinajstić information content (AvgIpc) is 2.46. The van der Waals surface area contributed by atoms with Crippen LogP contribution in [0.4, 0.5) is 0 Å². The van der Waals surface area contributed by atoms with Crippen LogP contribution < -0.4 is 15.6 Å². The van der Waals surface area contributed by atoms with Gasteiger partial charge < -0.3 is 25.4 Å². The van der Waals surface area contributed by atoms with Crippen molar-refractivity contribution in [2.24, 2.45) is 5.73 Å². The van der Waals surface area contributed by atoms with Gasteiger partial charge in [0.25, 0.3) is 0 Å². The minimum absolute atomic E-state index is 0.0599. The van der Waals surface area contributed by atoms with Crippen molar-refractivity contribution in [2.45, 2.75) is 19.4 Å². The van der Waals surface area contributed by atoms with Gasteiger partial charge in [0.2, 0.25) is 5.91 Å². The van der Waals surface area contributed by atoms with E-state index >= 15 is 0 Å². The normalized spacial score (nSPS) is 11.6. The molecule has 1 rings (SSSR count). The molecule has 0 aliphatic rings. The maximum absolute atomic E-state index is 11.8. The van der Waals surface area contributed by atoms with E-state index in [0.717, 1.165) is 0 Å². The first-order valence-electron chi connectivity index (χ1n) is 6.36. The lowest BCUT2D eigenvalue weighted by atomic mass is 10.1. The molecule has 0 saturated carbocycles. The number of nitrogens with two attached hydrogens (primary N) is 1. The molecular weight excluding hydrogens is 295 g/mol. The van der Waals surface area contributed by atoms with Crippen LogP contribution in [0.3, 0.4) is 0 Å². The van der Waals surface area contributed by atoms with Gasteiger partial charge >= 0.3 is 5.97 Å². The van der Waals surface area contributed by atoms with Crippen LogP contribution in [0.25, 0.3) is 0 Å². The number of benzene rings is 1. The molecule has 0 spiro atoms. The summed E-state index contributed by atoms with van der Waals surface area (Å²) in [5.41, 5.74) is 5.87. The Morgan fingerprint density at radius 2 is 2.19 bits per heavy atom. The molecule has 7 nitrogen and oxygen atoms in total. The molecular formula is C13H19N2O5P. The van der Waals surface area contributed by atoms with Crippen LogP contribution in [0.1, 0.15) is 12.5 Å². The van der Waals surface area contributed by atoms with E-state index < -0.39 is 17.9 Å². The SMILES string of the molecule is CCOC(=O)[C@H](Cc1ccc(OP)c(O)c1)NC(=O)CN. The van der Waals surface area contributed by atoms with Gasteiger partial charge in [-0.25, -0.2) is 4.79 Å². The van der Waals surface area contributed by atoms with Crippen LogP contribution in [-0.4, -0.2) is 36.2 Å². The van der Waals surface area contributed by atoms with Gasteiger partial charge in [-0.2, -0.15) is 0 Å². The largest absolute Gasteiger partial charge is 0.504 e. The predicted molar refractivity (Wildman–Crippen MR) is 79.8 cm³/mol. The molecule has 0 aromatic heterocycles. The monoisotopic (exact) mass is 314 g/mol. The lowest BCUT2D eigenvalue weighted by Gasteiger charge is -2.17. The Kier molecular flexibility index (Phi) is 6.91. The minimum atomic E-state index is -0.858. The summed E-state index contributed by atoms with van der Waals surface area (Å²) in [5.74, 6) is -0.773. The number of phenolic OH excluding ortho intramolecular Hbond substituents is 1. The van der Waals surface area contributed by atoms with Crippen molar-refractivity contribution in [3.05, 3.63) is 23.8 Å². The maximum Gasteiger partial charge on any atom is 0.328 e. The van der Waals surface area contributed by atoms with Crippen molar-refractivity contribution < 1.29 is 24.0 Å². The highest BCUT2D eigenvalue weighted by Gasteiger charge is 2.22. The minimum Gasteiger partial charge on any atom is -0.504 e.